The number of hydrogen-bond acceptors (Lipinski definition) is 6. The van der Waals surface area contributed by atoms with Gasteiger partial charge >= 0.3 is 10.2 Å². The van der Waals surface area contributed by atoms with E-state index in [0.717, 1.165) is 90.5 Å². The van der Waals surface area contributed by atoms with Crippen molar-refractivity contribution < 1.29 is 22.7 Å². The van der Waals surface area contributed by atoms with E-state index in [9.17, 15) is 13.2 Å². The minimum atomic E-state index is -3.98. The van der Waals surface area contributed by atoms with Gasteiger partial charge in [-0.1, -0.05) is 55.7 Å². The van der Waals surface area contributed by atoms with Crippen LogP contribution >= 0.6 is 0 Å². The van der Waals surface area contributed by atoms with Crippen molar-refractivity contribution in [3.05, 3.63) is 89.0 Å². The smallest absolute Gasteiger partial charge is 0.303 e. The summed E-state index contributed by atoms with van der Waals surface area (Å²) >= 11 is 0. The highest BCUT2D eigenvalue weighted by atomic mass is 32.2. The summed E-state index contributed by atoms with van der Waals surface area (Å²) in [6, 6.07) is 22.8. The Morgan fingerprint density at radius 3 is 2.50 bits per heavy atom. The van der Waals surface area contributed by atoms with E-state index in [1.54, 1.807) is 13.2 Å². The molecule has 0 spiro atoms. The fraction of sp³-hybridized carbons (Fsp3) is 0.488. The van der Waals surface area contributed by atoms with Gasteiger partial charge in [0.15, 0.2) is 0 Å². The largest absolute Gasteiger partial charge is 0.497 e. The van der Waals surface area contributed by atoms with Crippen molar-refractivity contribution in [2.75, 3.05) is 40.8 Å². The third-order valence-electron chi connectivity index (χ3n) is 13.3. The number of carbonyl (C=O) groups excluding carboxylic acids is 2. The van der Waals surface area contributed by atoms with Gasteiger partial charge < -0.3 is 14.2 Å². The second-order valence-electron chi connectivity index (χ2n) is 16.6. The number of methoxy groups -OCH3 is 1. The molecule has 4 fully saturated rings. The molecule has 4 atom stereocenters. The second-order valence-corrected chi connectivity index (χ2v) is 18.5. The van der Waals surface area contributed by atoms with E-state index >= 15 is 4.79 Å². The Labute approximate surface area is 318 Å². The molecule has 9 rings (SSSR count). The van der Waals surface area contributed by atoms with Crippen LogP contribution < -0.4 is 9.46 Å². The van der Waals surface area contributed by atoms with E-state index in [2.05, 4.69) is 61.6 Å². The number of hydrogen-bond donors (Lipinski definition) is 1. The SMILES string of the molecule is COc1ccc2c(c1)C1CC1(C(=O)N1CCCC3CN(Cc4ccccc4)CC31)Cn1c-2c(C2CCCCC2)c2ccc(C(=O)NS(=O)(=O)N(C)C)cc21. The van der Waals surface area contributed by atoms with Gasteiger partial charge in [0, 0.05) is 80.8 Å². The Kier molecular flexibility index (Phi) is 8.90. The lowest BCUT2D eigenvalue weighted by molar-refractivity contribution is -0.142. The molecule has 4 unspecified atom stereocenters. The molecule has 2 amide bonds. The standard InChI is InChI=1S/C43H51N5O5S/c1-45(2)54(51,52)44-41(49)30-16-18-34-37(21-30)48-27-43(42(50)47-20-10-15-31-25-46(26-38(31)47)24-28-11-6-4-7-12-28)23-36(43)35-22-32(53-3)17-19-33(35)40(48)39(34)29-13-8-5-9-14-29/h4,6-7,11-12,16-19,21-22,29,31,36,38H,5,8-10,13-15,20,23-27H2,1-3H3,(H,44,49). The molecule has 0 radical (unpaired) electrons. The third kappa shape index (κ3) is 5.94. The fourth-order valence-electron chi connectivity index (χ4n) is 10.5. The van der Waals surface area contributed by atoms with Crippen LogP contribution in [-0.2, 0) is 28.1 Å². The second kappa shape index (κ2) is 13.5. The van der Waals surface area contributed by atoms with E-state index < -0.39 is 21.5 Å². The quantitative estimate of drug-likeness (QED) is 0.220. The Morgan fingerprint density at radius 1 is 0.944 bits per heavy atom. The number of ether oxygens (including phenoxy) is 1. The van der Waals surface area contributed by atoms with Crippen LogP contribution in [0.5, 0.6) is 5.75 Å². The van der Waals surface area contributed by atoms with Crippen LogP contribution in [0.4, 0.5) is 0 Å². The van der Waals surface area contributed by atoms with E-state index in [-0.39, 0.29) is 23.4 Å². The highest BCUT2D eigenvalue weighted by Gasteiger charge is 2.65. The number of carbonyl (C=O) groups is 2. The van der Waals surface area contributed by atoms with Gasteiger partial charge in [-0.05, 0) is 91.0 Å². The Bertz CT molecular complexity index is 2230. The molecule has 2 aliphatic carbocycles. The molecule has 2 saturated heterocycles. The van der Waals surface area contributed by atoms with E-state index in [4.69, 9.17) is 4.74 Å². The van der Waals surface area contributed by atoms with Crippen LogP contribution in [0.15, 0.2) is 66.7 Å². The van der Waals surface area contributed by atoms with Crippen LogP contribution in [0.3, 0.4) is 0 Å². The summed E-state index contributed by atoms with van der Waals surface area (Å²) in [5.41, 5.74) is 6.56. The molecule has 3 aromatic carbocycles. The summed E-state index contributed by atoms with van der Waals surface area (Å²) in [6.07, 6.45) is 8.64. The van der Waals surface area contributed by atoms with Crippen molar-refractivity contribution in [1.82, 2.24) is 23.4 Å². The molecular weight excluding hydrogens is 699 g/mol. The summed E-state index contributed by atoms with van der Waals surface area (Å²) < 4.78 is 36.8. The molecule has 4 aromatic rings. The van der Waals surface area contributed by atoms with Gasteiger partial charge in [0.25, 0.3) is 5.91 Å². The molecule has 5 aliphatic rings. The zero-order valence-electron chi connectivity index (χ0n) is 31.6. The van der Waals surface area contributed by atoms with Gasteiger partial charge in [0.1, 0.15) is 5.75 Å². The highest BCUT2D eigenvalue weighted by molar-refractivity contribution is 7.87. The Morgan fingerprint density at radius 2 is 1.74 bits per heavy atom. The first kappa shape index (κ1) is 35.5. The fourth-order valence-corrected chi connectivity index (χ4v) is 11.0. The number of nitrogens with one attached hydrogen (secondary N) is 1. The first-order valence-corrected chi connectivity index (χ1v) is 21.2. The van der Waals surface area contributed by atoms with Crippen LogP contribution in [0.1, 0.15) is 90.3 Å². The number of aromatic nitrogens is 1. The maximum absolute atomic E-state index is 15.4. The van der Waals surface area contributed by atoms with Crippen molar-refractivity contribution >= 4 is 32.9 Å². The first-order chi connectivity index (χ1) is 26.1. The minimum Gasteiger partial charge on any atom is -0.497 e. The van der Waals surface area contributed by atoms with Gasteiger partial charge in [-0.15, -0.1) is 0 Å². The molecule has 1 N–H and O–H groups in total. The van der Waals surface area contributed by atoms with Gasteiger partial charge in [-0.3, -0.25) is 14.5 Å². The molecule has 10 nitrogen and oxygen atoms in total. The van der Waals surface area contributed by atoms with E-state index in [0.29, 0.717) is 18.4 Å². The Hall–Kier alpha value is -4.19. The van der Waals surface area contributed by atoms with Crippen LogP contribution in [-0.4, -0.2) is 85.8 Å². The normalized spacial score (nSPS) is 25.4. The minimum absolute atomic E-state index is 0.0446. The molecule has 0 bridgehead atoms. The molecule has 2 saturated carbocycles. The number of nitrogens with zero attached hydrogens (tertiary/aromatic N) is 4. The van der Waals surface area contributed by atoms with E-state index in [1.807, 2.05) is 18.2 Å². The van der Waals surface area contributed by atoms with Gasteiger partial charge in [-0.2, -0.15) is 12.7 Å². The predicted octanol–water partition coefficient (Wildman–Crippen LogP) is 6.51. The van der Waals surface area contributed by atoms with E-state index in [1.165, 1.54) is 50.0 Å². The zero-order valence-corrected chi connectivity index (χ0v) is 32.4. The zero-order chi connectivity index (χ0) is 37.4. The molecular formula is C43H51N5O5S. The van der Waals surface area contributed by atoms with Crippen molar-refractivity contribution in [2.24, 2.45) is 11.3 Å². The summed E-state index contributed by atoms with van der Waals surface area (Å²) in [6.45, 7) is 4.06. The van der Waals surface area contributed by atoms with Crippen molar-refractivity contribution in [3.8, 4) is 17.0 Å². The maximum Gasteiger partial charge on any atom is 0.303 e. The summed E-state index contributed by atoms with van der Waals surface area (Å²) in [7, 11) is 0.511. The lowest BCUT2D eigenvalue weighted by Crippen LogP contribution is -2.52. The number of amides is 2. The lowest BCUT2D eigenvalue weighted by Gasteiger charge is -2.39. The summed E-state index contributed by atoms with van der Waals surface area (Å²) in [4.78, 5) is 33.7. The van der Waals surface area contributed by atoms with Crippen molar-refractivity contribution in [2.45, 2.75) is 82.3 Å². The number of likely N-dealkylation sites (tertiary alicyclic amines) is 2. The van der Waals surface area contributed by atoms with Crippen molar-refractivity contribution in [3.63, 3.8) is 0 Å². The third-order valence-corrected chi connectivity index (χ3v) is 14.7. The Balaban J connectivity index is 1.15. The monoisotopic (exact) mass is 749 g/mol. The average Bonchev–Trinajstić information content (AvgIpc) is 3.66. The van der Waals surface area contributed by atoms with Gasteiger partial charge in [-0.25, -0.2) is 4.72 Å². The molecule has 1 aromatic heterocycles. The first-order valence-electron chi connectivity index (χ1n) is 19.7. The number of rotatable bonds is 8. The van der Waals surface area contributed by atoms with Gasteiger partial charge in [0.2, 0.25) is 5.91 Å². The number of fused-ring (bicyclic) bond motifs is 8. The van der Waals surface area contributed by atoms with Gasteiger partial charge in [0.05, 0.1) is 18.2 Å². The van der Waals surface area contributed by atoms with Crippen LogP contribution in [0, 0.1) is 11.3 Å². The van der Waals surface area contributed by atoms with Crippen LogP contribution in [0.2, 0.25) is 0 Å². The van der Waals surface area contributed by atoms with Crippen LogP contribution in [0.25, 0.3) is 22.2 Å². The molecule has 284 valence electrons. The number of piperidine rings is 1. The predicted molar refractivity (Wildman–Crippen MR) is 210 cm³/mol. The molecule has 11 heteroatoms. The topological polar surface area (TPSA) is 104 Å². The molecule has 54 heavy (non-hydrogen) atoms. The number of benzene rings is 3. The molecule has 4 heterocycles. The molecule has 3 aliphatic heterocycles. The average molecular weight is 750 g/mol. The maximum atomic E-state index is 15.4. The van der Waals surface area contributed by atoms with Crippen molar-refractivity contribution in [1.29, 1.82) is 0 Å². The lowest BCUT2D eigenvalue weighted by atomic mass is 9.81. The summed E-state index contributed by atoms with van der Waals surface area (Å²) in [5.74, 6) is 1.21. The summed E-state index contributed by atoms with van der Waals surface area (Å²) in [5, 5.41) is 1.08. The highest BCUT2D eigenvalue weighted by Crippen LogP contribution is 2.66.